The van der Waals surface area contributed by atoms with E-state index in [9.17, 15) is 9.90 Å². The normalized spacial score (nSPS) is 11.4. The number of rotatable bonds is 4. The van der Waals surface area contributed by atoms with Crippen LogP contribution in [0.25, 0.3) is 16.5 Å². The Hall–Kier alpha value is -3.37. The smallest absolute Gasteiger partial charge is 0.337 e. The Morgan fingerprint density at radius 1 is 1.03 bits per heavy atom. The molecule has 0 aliphatic heterocycles. The number of fused-ring (bicyclic) bond motifs is 1. The summed E-state index contributed by atoms with van der Waals surface area (Å²) in [6, 6.07) is 21.3. The van der Waals surface area contributed by atoms with Crippen molar-refractivity contribution in [2.45, 2.75) is 13.8 Å². The van der Waals surface area contributed by atoms with Gasteiger partial charge < -0.3 is 9.67 Å². The van der Waals surface area contributed by atoms with E-state index < -0.39 is 5.97 Å². The Morgan fingerprint density at radius 3 is 2.55 bits per heavy atom. The van der Waals surface area contributed by atoms with Crippen molar-refractivity contribution in [3.05, 3.63) is 94.3 Å². The van der Waals surface area contributed by atoms with Gasteiger partial charge in [0.25, 0.3) is 0 Å². The highest BCUT2D eigenvalue weighted by Gasteiger charge is 2.13. The van der Waals surface area contributed by atoms with Crippen LogP contribution in [0.5, 0.6) is 0 Å². The largest absolute Gasteiger partial charge is 0.478 e. The number of aryl methyl sites for hydroxylation is 1. The van der Waals surface area contributed by atoms with Crippen molar-refractivity contribution in [1.82, 2.24) is 4.57 Å². The minimum absolute atomic E-state index is 0.0932. The van der Waals surface area contributed by atoms with Crippen molar-refractivity contribution in [2.75, 3.05) is 0 Å². The summed E-state index contributed by atoms with van der Waals surface area (Å²) >= 11 is 6.16. The lowest BCUT2D eigenvalue weighted by atomic mass is 10.1. The van der Waals surface area contributed by atoms with Crippen LogP contribution in [0.15, 0.2) is 71.7 Å². The molecule has 0 bridgehead atoms. The second-order valence-electron chi connectivity index (χ2n) is 6.89. The molecule has 1 heterocycles. The third-order valence-corrected chi connectivity index (χ3v) is 5.33. The Kier molecular flexibility index (Phi) is 4.95. The van der Waals surface area contributed by atoms with Gasteiger partial charge >= 0.3 is 5.97 Å². The van der Waals surface area contributed by atoms with E-state index in [0.717, 1.165) is 39.1 Å². The minimum Gasteiger partial charge on any atom is -0.478 e. The number of nitrogens with zero attached hydrogens (tertiary/aromatic N) is 2. The second kappa shape index (κ2) is 7.57. The highest BCUT2D eigenvalue weighted by atomic mass is 35.5. The van der Waals surface area contributed by atoms with Crippen molar-refractivity contribution in [1.29, 1.82) is 0 Å². The summed E-state index contributed by atoms with van der Waals surface area (Å²) < 4.78 is 2.04. The predicted octanol–water partition coefficient (Wildman–Crippen LogP) is 6.35. The van der Waals surface area contributed by atoms with Crippen LogP contribution in [-0.2, 0) is 0 Å². The average Bonchev–Trinajstić information content (AvgIpc) is 2.99. The van der Waals surface area contributed by atoms with Crippen LogP contribution >= 0.6 is 11.6 Å². The first-order valence-electron chi connectivity index (χ1n) is 9.19. The van der Waals surface area contributed by atoms with Gasteiger partial charge in [-0.3, -0.25) is 4.99 Å². The van der Waals surface area contributed by atoms with E-state index in [1.807, 2.05) is 48.9 Å². The number of carboxylic acid groups (broad SMARTS) is 1. The van der Waals surface area contributed by atoms with Crippen LogP contribution in [0, 0.1) is 13.8 Å². The Morgan fingerprint density at radius 2 is 1.79 bits per heavy atom. The summed E-state index contributed by atoms with van der Waals surface area (Å²) in [5.74, 6) is -1.04. The van der Waals surface area contributed by atoms with E-state index in [4.69, 9.17) is 16.6 Å². The topological polar surface area (TPSA) is 54.6 Å². The Bertz CT molecular complexity index is 1270. The van der Waals surface area contributed by atoms with Crippen molar-refractivity contribution < 1.29 is 9.90 Å². The molecule has 0 fully saturated rings. The van der Waals surface area contributed by atoms with Crippen molar-refractivity contribution in [2.24, 2.45) is 4.99 Å². The van der Waals surface area contributed by atoms with E-state index in [2.05, 4.69) is 24.3 Å². The zero-order chi connectivity index (χ0) is 20.5. The highest BCUT2D eigenvalue weighted by molar-refractivity contribution is 6.33. The molecule has 0 atom stereocenters. The number of hydrogen-bond donors (Lipinski definition) is 1. The maximum absolute atomic E-state index is 11.2. The lowest BCUT2D eigenvalue weighted by Crippen LogP contribution is -2.02. The summed E-state index contributed by atoms with van der Waals surface area (Å²) in [4.78, 5) is 15.9. The van der Waals surface area contributed by atoms with Crippen LogP contribution in [0.3, 0.4) is 0 Å². The molecule has 1 aromatic heterocycles. The highest BCUT2D eigenvalue weighted by Crippen LogP contribution is 2.27. The van der Waals surface area contributed by atoms with Gasteiger partial charge in [0.15, 0.2) is 0 Å². The number of benzene rings is 3. The lowest BCUT2D eigenvalue weighted by molar-refractivity contribution is 0.0697. The Labute approximate surface area is 173 Å². The van der Waals surface area contributed by atoms with Gasteiger partial charge in [0.05, 0.1) is 16.3 Å². The minimum atomic E-state index is -1.04. The molecule has 0 spiro atoms. The van der Waals surface area contributed by atoms with E-state index in [1.54, 1.807) is 12.1 Å². The standard InChI is InChI=1S/C24H19ClN2O2/c1-15-12-18(14-26-23-9-5-7-17-6-3-4-8-20(17)23)16(2)27(15)19-10-11-21(24(28)29)22(25)13-19/h3-14H,1-2H3,(H,28,29). The quantitative estimate of drug-likeness (QED) is 0.404. The monoisotopic (exact) mass is 402 g/mol. The van der Waals surface area contributed by atoms with Crippen molar-refractivity contribution in [3.8, 4) is 5.69 Å². The summed E-state index contributed by atoms with van der Waals surface area (Å²) in [6.07, 6.45) is 1.87. The molecule has 0 saturated carbocycles. The molecule has 3 aromatic carbocycles. The van der Waals surface area contributed by atoms with Gasteiger partial charge in [0.2, 0.25) is 0 Å². The van der Waals surface area contributed by atoms with Gasteiger partial charge in [-0.2, -0.15) is 0 Å². The number of aliphatic imine (C=N–C) groups is 1. The maximum atomic E-state index is 11.2. The van der Waals surface area contributed by atoms with Crippen LogP contribution in [-0.4, -0.2) is 21.9 Å². The third-order valence-electron chi connectivity index (χ3n) is 5.02. The predicted molar refractivity (Wildman–Crippen MR) is 118 cm³/mol. The average molecular weight is 403 g/mol. The first-order chi connectivity index (χ1) is 14.0. The van der Waals surface area contributed by atoms with Crippen molar-refractivity contribution in [3.63, 3.8) is 0 Å². The molecule has 5 heteroatoms. The fourth-order valence-corrected chi connectivity index (χ4v) is 3.85. The molecule has 144 valence electrons. The molecule has 4 nitrogen and oxygen atoms in total. The summed E-state index contributed by atoms with van der Waals surface area (Å²) in [5.41, 5.74) is 4.85. The van der Waals surface area contributed by atoms with Gasteiger partial charge in [0, 0.05) is 34.2 Å². The van der Waals surface area contributed by atoms with Gasteiger partial charge in [-0.25, -0.2) is 4.79 Å². The molecular weight excluding hydrogens is 384 g/mol. The molecule has 4 aromatic rings. The molecule has 0 unspecified atom stereocenters. The molecule has 0 aliphatic carbocycles. The zero-order valence-corrected chi connectivity index (χ0v) is 16.8. The SMILES string of the molecule is Cc1cc(C=Nc2cccc3ccccc23)c(C)n1-c1ccc(C(=O)O)c(Cl)c1. The van der Waals surface area contributed by atoms with Gasteiger partial charge in [-0.15, -0.1) is 0 Å². The van der Waals surface area contributed by atoms with Crippen LogP contribution in [0.2, 0.25) is 5.02 Å². The number of aromatic carboxylic acids is 1. The molecule has 0 saturated heterocycles. The van der Waals surface area contributed by atoms with E-state index in [1.165, 1.54) is 6.07 Å². The van der Waals surface area contributed by atoms with E-state index >= 15 is 0 Å². The maximum Gasteiger partial charge on any atom is 0.337 e. The molecular formula is C24H19ClN2O2. The first-order valence-corrected chi connectivity index (χ1v) is 9.57. The van der Waals surface area contributed by atoms with E-state index in [-0.39, 0.29) is 10.6 Å². The first kappa shape index (κ1) is 19.0. The second-order valence-corrected chi connectivity index (χ2v) is 7.29. The fraction of sp³-hybridized carbons (Fsp3) is 0.0833. The molecule has 0 amide bonds. The lowest BCUT2D eigenvalue weighted by Gasteiger charge is -2.11. The number of aromatic nitrogens is 1. The van der Waals surface area contributed by atoms with Crippen molar-refractivity contribution >= 4 is 40.2 Å². The van der Waals surface area contributed by atoms with Gasteiger partial charge in [0.1, 0.15) is 0 Å². The number of halogens is 1. The number of hydrogen-bond acceptors (Lipinski definition) is 2. The zero-order valence-electron chi connectivity index (χ0n) is 16.1. The summed E-state index contributed by atoms with van der Waals surface area (Å²) in [5, 5.41) is 11.7. The van der Waals surface area contributed by atoms with Gasteiger partial charge in [-0.05, 0) is 49.6 Å². The molecule has 0 aliphatic rings. The Balaban J connectivity index is 1.73. The fourth-order valence-electron chi connectivity index (χ4n) is 3.59. The number of carboxylic acids is 1. The molecule has 29 heavy (non-hydrogen) atoms. The van der Waals surface area contributed by atoms with Crippen LogP contribution in [0.4, 0.5) is 5.69 Å². The number of carbonyl (C=O) groups is 1. The molecule has 4 rings (SSSR count). The third kappa shape index (κ3) is 3.55. The summed E-state index contributed by atoms with van der Waals surface area (Å²) in [7, 11) is 0. The van der Waals surface area contributed by atoms with Crippen LogP contribution < -0.4 is 0 Å². The van der Waals surface area contributed by atoms with E-state index in [0.29, 0.717) is 0 Å². The molecule has 1 N–H and O–H groups in total. The summed E-state index contributed by atoms with van der Waals surface area (Å²) in [6.45, 7) is 4.01. The molecule has 0 radical (unpaired) electrons. The van der Waals surface area contributed by atoms with Crippen LogP contribution in [0.1, 0.15) is 27.3 Å². The van der Waals surface area contributed by atoms with Gasteiger partial charge in [-0.1, -0.05) is 48.0 Å².